The molecule has 9 heteroatoms. The lowest BCUT2D eigenvalue weighted by atomic mass is 9.96. The third-order valence-corrected chi connectivity index (χ3v) is 7.31. The van der Waals surface area contributed by atoms with E-state index < -0.39 is 15.9 Å². The smallest absolute Gasteiger partial charge is 0.306 e. The maximum Gasteiger partial charge on any atom is 0.306 e. The SMILES string of the molecule is CCOC(=O)CCc1ccc(NCc2ccc(CN3c4ccccc4CCC3C)c(OS(C)(=O)=O)c2)cc1F. The van der Waals surface area contributed by atoms with Gasteiger partial charge in [0.05, 0.1) is 12.9 Å². The van der Waals surface area contributed by atoms with Crippen molar-refractivity contribution in [1.82, 2.24) is 0 Å². The fourth-order valence-corrected chi connectivity index (χ4v) is 5.28. The van der Waals surface area contributed by atoms with Gasteiger partial charge in [-0.25, -0.2) is 4.39 Å². The molecule has 0 amide bonds. The molecular weight excluding hydrogens is 519 g/mol. The third-order valence-electron chi connectivity index (χ3n) is 6.83. The first-order valence-electron chi connectivity index (χ1n) is 13.2. The summed E-state index contributed by atoms with van der Waals surface area (Å²) in [4.78, 5) is 13.9. The summed E-state index contributed by atoms with van der Waals surface area (Å²) in [6, 6.07) is 18.9. The molecule has 0 saturated carbocycles. The number of esters is 1. The predicted octanol–water partition coefficient (Wildman–Crippen LogP) is 5.61. The fourth-order valence-electron chi connectivity index (χ4n) is 4.80. The van der Waals surface area contributed by atoms with E-state index in [1.54, 1.807) is 25.1 Å². The maximum absolute atomic E-state index is 14.6. The quantitative estimate of drug-likeness (QED) is 0.244. The Morgan fingerprint density at radius 3 is 2.62 bits per heavy atom. The summed E-state index contributed by atoms with van der Waals surface area (Å²) in [5.41, 5.74) is 5.00. The van der Waals surface area contributed by atoms with E-state index in [1.807, 2.05) is 24.3 Å². The summed E-state index contributed by atoms with van der Waals surface area (Å²) in [7, 11) is -3.75. The van der Waals surface area contributed by atoms with Gasteiger partial charge in [-0.15, -0.1) is 0 Å². The molecule has 208 valence electrons. The highest BCUT2D eigenvalue weighted by atomic mass is 32.2. The number of para-hydroxylation sites is 1. The molecule has 3 aromatic rings. The fraction of sp³-hybridized carbons (Fsp3) is 0.367. The van der Waals surface area contributed by atoms with Gasteiger partial charge in [-0.1, -0.05) is 36.4 Å². The van der Waals surface area contributed by atoms with Gasteiger partial charge in [0, 0.05) is 42.5 Å². The Bertz CT molecular complexity index is 1430. The van der Waals surface area contributed by atoms with Gasteiger partial charge in [0.25, 0.3) is 0 Å². The second-order valence-electron chi connectivity index (χ2n) is 9.84. The van der Waals surface area contributed by atoms with Gasteiger partial charge in [-0.05, 0) is 74.1 Å². The lowest BCUT2D eigenvalue weighted by Gasteiger charge is -2.37. The van der Waals surface area contributed by atoms with Crippen molar-refractivity contribution in [2.24, 2.45) is 0 Å². The maximum atomic E-state index is 14.6. The second kappa shape index (κ2) is 12.5. The molecule has 1 unspecified atom stereocenters. The average Bonchev–Trinajstić information content (AvgIpc) is 2.89. The number of carbonyl (C=O) groups excluding carboxylic acids is 1. The van der Waals surface area contributed by atoms with Crippen LogP contribution < -0.4 is 14.4 Å². The number of aryl methyl sites for hydroxylation is 2. The molecule has 1 heterocycles. The molecule has 0 bridgehead atoms. The minimum absolute atomic E-state index is 0.120. The molecule has 0 saturated heterocycles. The van der Waals surface area contributed by atoms with Gasteiger partial charge in [0.15, 0.2) is 0 Å². The van der Waals surface area contributed by atoms with Crippen LogP contribution >= 0.6 is 0 Å². The van der Waals surface area contributed by atoms with Crippen LogP contribution in [0.3, 0.4) is 0 Å². The summed E-state index contributed by atoms with van der Waals surface area (Å²) >= 11 is 0. The number of nitrogens with zero attached hydrogens (tertiary/aromatic N) is 1. The van der Waals surface area contributed by atoms with Crippen LogP contribution in [0.5, 0.6) is 5.75 Å². The van der Waals surface area contributed by atoms with Crippen LogP contribution in [0, 0.1) is 5.82 Å². The standard InChI is InChI=1S/C30H35FN2O5S/c1-4-37-30(34)16-14-23-13-15-26(18-27(23)31)32-19-22-10-12-25(29(17-22)38-39(3,35)36)20-33-21(2)9-11-24-7-5-6-8-28(24)33/h5-8,10,12-13,15,17-18,21,32H,4,9,11,14,16,19-20H2,1-3H3. The van der Waals surface area contributed by atoms with Crippen LogP contribution in [0.25, 0.3) is 0 Å². The zero-order chi connectivity index (χ0) is 28.0. The summed E-state index contributed by atoms with van der Waals surface area (Å²) in [5.74, 6) is -0.474. The summed E-state index contributed by atoms with van der Waals surface area (Å²) in [6.07, 6.45) is 3.44. The number of nitrogens with one attached hydrogen (secondary N) is 1. The minimum Gasteiger partial charge on any atom is -0.466 e. The summed E-state index contributed by atoms with van der Waals surface area (Å²) < 4.78 is 49.1. The number of rotatable bonds is 11. The van der Waals surface area contributed by atoms with Gasteiger partial charge in [-0.2, -0.15) is 8.42 Å². The van der Waals surface area contributed by atoms with E-state index in [9.17, 15) is 17.6 Å². The van der Waals surface area contributed by atoms with Crippen molar-refractivity contribution in [3.63, 3.8) is 0 Å². The number of fused-ring (bicyclic) bond motifs is 1. The number of halogens is 1. The minimum atomic E-state index is -3.75. The number of anilines is 2. The third kappa shape index (κ3) is 7.72. The van der Waals surface area contributed by atoms with E-state index in [-0.39, 0.29) is 24.6 Å². The molecule has 0 fully saturated rings. The topological polar surface area (TPSA) is 84.9 Å². The molecule has 0 aromatic heterocycles. The zero-order valence-electron chi connectivity index (χ0n) is 22.6. The van der Waals surface area contributed by atoms with Gasteiger partial charge in [-0.3, -0.25) is 4.79 Å². The van der Waals surface area contributed by atoms with E-state index in [1.165, 1.54) is 11.6 Å². The molecule has 39 heavy (non-hydrogen) atoms. The van der Waals surface area contributed by atoms with Crippen LogP contribution in [-0.2, 0) is 45.6 Å². The number of ether oxygens (including phenoxy) is 1. The van der Waals surface area contributed by atoms with Crippen molar-refractivity contribution in [2.45, 2.75) is 58.7 Å². The number of hydrogen-bond donors (Lipinski definition) is 1. The zero-order valence-corrected chi connectivity index (χ0v) is 23.4. The molecule has 1 N–H and O–H groups in total. The summed E-state index contributed by atoms with van der Waals surface area (Å²) in [5, 5.41) is 3.18. The first-order valence-corrected chi connectivity index (χ1v) is 15.0. The normalized spacial score (nSPS) is 15.0. The van der Waals surface area contributed by atoms with Gasteiger partial charge >= 0.3 is 16.1 Å². The van der Waals surface area contributed by atoms with Crippen molar-refractivity contribution in [3.05, 3.63) is 88.7 Å². The highest BCUT2D eigenvalue weighted by Crippen LogP contribution is 2.34. The van der Waals surface area contributed by atoms with Crippen LogP contribution in [-0.4, -0.2) is 33.3 Å². The van der Waals surface area contributed by atoms with Crippen molar-refractivity contribution < 1.29 is 26.5 Å². The lowest BCUT2D eigenvalue weighted by molar-refractivity contribution is -0.143. The van der Waals surface area contributed by atoms with E-state index in [0.29, 0.717) is 37.0 Å². The number of benzene rings is 3. The Balaban J connectivity index is 1.48. The monoisotopic (exact) mass is 554 g/mol. The van der Waals surface area contributed by atoms with Crippen LogP contribution in [0.15, 0.2) is 60.7 Å². The Kier molecular flexibility index (Phi) is 9.12. The molecule has 1 aliphatic rings. The molecule has 0 aliphatic carbocycles. The number of hydrogen-bond acceptors (Lipinski definition) is 7. The Labute approximate surface area is 230 Å². The highest BCUT2D eigenvalue weighted by molar-refractivity contribution is 7.86. The van der Waals surface area contributed by atoms with E-state index >= 15 is 0 Å². The molecule has 1 atom stereocenters. The molecule has 4 rings (SSSR count). The Morgan fingerprint density at radius 2 is 1.87 bits per heavy atom. The molecule has 3 aromatic carbocycles. The van der Waals surface area contributed by atoms with Crippen molar-refractivity contribution in [3.8, 4) is 5.75 Å². The Morgan fingerprint density at radius 1 is 1.10 bits per heavy atom. The number of carbonyl (C=O) groups is 1. The molecule has 0 radical (unpaired) electrons. The van der Waals surface area contributed by atoms with Crippen LogP contribution in [0.4, 0.5) is 15.8 Å². The first-order chi connectivity index (χ1) is 18.6. The van der Waals surface area contributed by atoms with Crippen molar-refractivity contribution in [1.29, 1.82) is 0 Å². The average molecular weight is 555 g/mol. The highest BCUT2D eigenvalue weighted by Gasteiger charge is 2.24. The summed E-state index contributed by atoms with van der Waals surface area (Å²) in [6.45, 7) is 5.05. The lowest BCUT2D eigenvalue weighted by Crippen LogP contribution is -2.36. The Hall–Kier alpha value is -3.59. The van der Waals surface area contributed by atoms with Crippen molar-refractivity contribution in [2.75, 3.05) is 23.1 Å². The van der Waals surface area contributed by atoms with E-state index in [4.69, 9.17) is 8.92 Å². The van der Waals surface area contributed by atoms with Gasteiger partial charge in [0.1, 0.15) is 11.6 Å². The van der Waals surface area contributed by atoms with E-state index in [0.717, 1.165) is 35.9 Å². The molecule has 7 nitrogen and oxygen atoms in total. The molecular formula is C30H35FN2O5S. The van der Waals surface area contributed by atoms with Gasteiger partial charge in [0.2, 0.25) is 0 Å². The largest absolute Gasteiger partial charge is 0.466 e. The van der Waals surface area contributed by atoms with Crippen LogP contribution in [0.1, 0.15) is 48.9 Å². The van der Waals surface area contributed by atoms with E-state index in [2.05, 4.69) is 29.3 Å². The van der Waals surface area contributed by atoms with Crippen LogP contribution in [0.2, 0.25) is 0 Å². The molecule has 0 spiro atoms. The molecule has 1 aliphatic heterocycles. The first kappa shape index (κ1) is 28.4. The van der Waals surface area contributed by atoms with Crippen molar-refractivity contribution >= 4 is 27.5 Å². The second-order valence-corrected chi connectivity index (χ2v) is 11.4. The predicted molar refractivity (Wildman–Crippen MR) is 151 cm³/mol. The van der Waals surface area contributed by atoms with Gasteiger partial charge < -0.3 is 19.1 Å².